The molecule has 1 aromatic carbocycles. The van der Waals surface area contributed by atoms with Gasteiger partial charge < -0.3 is 14.7 Å². The Kier molecular flexibility index (Phi) is 4.99. The number of nitrogens with zero attached hydrogens (tertiary/aromatic N) is 3. The summed E-state index contributed by atoms with van der Waals surface area (Å²) in [4.78, 5) is 20.3. The highest BCUT2D eigenvalue weighted by Crippen LogP contribution is 2.28. The van der Waals surface area contributed by atoms with Crippen molar-refractivity contribution < 1.29 is 14.6 Å². The number of thiazole rings is 1. The minimum absolute atomic E-state index is 0.0105. The number of aliphatic hydroxyl groups excluding tert-OH is 1. The first-order chi connectivity index (χ1) is 13.3. The van der Waals surface area contributed by atoms with Crippen molar-refractivity contribution in [3.63, 3.8) is 0 Å². The number of rotatable bonds is 4. The first kappa shape index (κ1) is 19.1. The summed E-state index contributed by atoms with van der Waals surface area (Å²) in [5, 5.41) is 12.1. The molecule has 7 heteroatoms. The fraction of sp³-hybridized carbons (Fsp3) is 0.429. The van der Waals surface area contributed by atoms with E-state index < -0.39 is 6.10 Å². The van der Waals surface area contributed by atoms with Crippen molar-refractivity contribution >= 4 is 22.2 Å². The number of benzene rings is 1. The molecule has 3 heterocycles. The molecule has 1 saturated heterocycles. The topological polar surface area (TPSA) is 67.1 Å². The van der Waals surface area contributed by atoms with E-state index >= 15 is 0 Å². The van der Waals surface area contributed by atoms with Crippen LogP contribution in [0.4, 0.5) is 0 Å². The van der Waals surface area contributed by atoms with E-state index in [0.29, 0.717) is 12.2 Å². The first-order valence-corrected chi connectivity index (χ1v) is 10.4. The van der Waals surface area contributed by atoms with Crippen LogP contribution in [0.25, 0.3) is 16.2 Å². The van der Waals surface area contributed by atoms with Crippen molar-refractivity contribution in [2.75, 3.05) is 13.1 Å². The van der Waals surface area contributed by atoms with Gasteiger partial charge in [0.2, 0.25) is 0 Å². The van der Waals surface area contributed by atoms with Crippen molar-refractivity contribution in [1.29, 1.82) is 0 Å². The number of aromatic nitrogens is 2. The van der Waals surface area contributed by atoms with Gasteiger partial charge in [-0.2, -0.15) is 0 Å². The third-order valence-corrected chi connectivity index (χ3v) is 5.91. The average Bonchev–Trinajstić information content (AvgIpc) is 3.31. The Morgan fingerprint density at radius 3 is 2.86 bits per heavy atom. The third-order valence-electron chi connectivity index (χ3n) is 5.07. The summed E-state index contributed by atoms with van der Waals surface area (Å²) in [5.74, 6) is -0.106. The zero-order chi connectivity index (χ0) is 20.0. The van der Waals surface area contributed by atoms with Gasteiger partial charge in [0.15, 0.2) is 4.96 Å². The Morgan fingerprint density at radius 2 is 2.11 bits per heavy atom. The molecule has 2 aromatic heterocycles. The molecule has 1 amide bonds. The van der Waals surface area contributed by atoms with Crippen LogP contribution in [-0.2, 0) is 4.74 Å². The number of carbonyl (C=O) groups excluding carboxylic acids is 1. The van der Waals surface area contributed by atoms with E-state index in [9.17, 15) is 9.90 Å². The molecular weight excluding hydrogens is 374 g/mol. The Morgan fingerprint density at radius 1 is 1.32 bits per heavy atom. The predicted molar refractivity (Wildman–Crippen MR) is 110 cm³/mol. The molecule has 0 spiro atoms. The Bertz CT molecular complexity index is 1020. The van der Waals surface area contributed by atoms with Gasteiger partial charge in [0.05, 0.1) is 17.9 Å². The van der Waals surface area contributed by atoms with Gasteiger partial charge >= 0.3 is 0 Å². The van der Waals surface area contributed by atoms with Crippen molar-refractivity contribution in [2.24, 2.45) is 0 Å². The van der Waals surface area contributed by atoms with Gasteiger partial charge in [-0.3, -0.25) is 9.20 Å². The normalized spacial score (nSPS) is 19.9. The van der Waals surface area contributed by atoms with Crippen LogP contribution >= 0.6 is 11.3 Å². The summed E-state index contributed by atoms with van der Waals surface area (Å²) in [6.45, 7) is 8.67. The Balaban J connectivity index is 1.62. The summed E-state index contributed by atoms with van der Waals surface area (Å²) in [6.07, 6.45) is 0.937. The van der Waals surface area contributed by atoms with E-state index in [1.54, 1.807) is 4.90 Å². The molecule has 0 radical (unpaired) electrons. The second-order valence-electron chi connectivity index (χ2n) is 7.72. The first-order valence-electron chi connectivity index (χ1n) is 9.50. The number of imidazole rings is 1. The zero-order valence-corrected chi connectivity index (χ0v) is 17.4. The molecule has 0 unspecified atom stereocenters. The number of hydrogen-bond donors (Lipinski definition) is 1. The Hall–Kier alpha value is -2.22. The Labute approximate surface area is 168 Å². The standard InChI is InChI=1S/C21H25N3O3S/c1-12(2)27-19-10-23(9-18(19)25)20(26)17-11-28-21-22-16(8-24(17)21)15-7-13(3)5-6-14(15)4/h5-8,11-12,18-19,25H,9-10H2,1-4H3/t18-,19-/m0/s1. The lowest BCUT2D eigenvalue weighted by molar-refractivity contribution is -0.0394. The lowest BCUT2D eigenvalue weighted by Gasteiger charge is -2.18. The van der Waals surface area contributed by atoms with E-state index in [4.69, 9.17) is 9.72 Å². The van der Waals surface area contributed by atoms with Crippen LogP contribution in [0, 0.1) is 13.8 Å². The van der Waals surface area contributed by atoms with Crippen LogP contribution in [0.3, 0.4) is 0 Å². The molecule has 1 fully saturated rings. The van der Waals surface area contributed by atoms with Gasteiger partial charge in [0.1, 0.15) is 11.8 Å². The second kappa shape index (κ2) is 7.31. The van der Waals surface area contributed by atoms with Crippen LogP contribution in [-0.4, -0.2) is 56.7 Å². The third kappa shape index (κ3) is 3.45. The van der Waals surface area contributed by atoms with Crippen LogP contribution in [0.1, 0.15) is 35.5 Å². The lowest BCUT2D eigenvalue weighted by Crippen LogP contribution is -2.31. The molecule has 3 aromatic rings. The number of aryl methyl sites for hydroxylation is 2. The van der Waals surface area contributed by atoms with Crippen LogP contribution < -0.4 is 0 Å². The van der Waals surface area contributed by atoms with Gasteiger partial charge in [0, 0.05) is 30.2 Å². The van der Waals surface area contributed by atoms with Gasteiger partial charge in [-0.25, -0.2) is 4.98 Å². The lowest BCUT2D eigenvalue weighted by atomic mass is 10.0. The predicted octanol–water partition coefficient (Wildman–Crippen LogP) is 3.29. The minimum atomic E-state index is -0.659. The maximum atomic E-state index is 13.1. The molecule has 28 heavy (non-hydrogen) atoms. The second-order valence-corrected chi connectivity index (χ2v) is 8.56. The summed E-state index contributed by atoms with van der Waals surface area (Å²) >= 11 is 1.45. The minimum Gasteiger partial charge on any atom is -0.388 e. The number of likely N-dealkylation sites (tertiary alicyclic amines) is 1. The van der Waals surface area contributed by atoms with Crippen molar-refractivity contribution in [2.45, 2.75) is 46.0 Å². The number of aliphatic hydroxyl groups is 1. The molecule has 1 N–H and O–H groups in total. The van der Waals surface area contributed by atoms with Crippen molar-refractivity contribution in [3.8, 4) is 11.3 Å². The average molecular weight is 400 g/mol. The zero-order valence-electron chi connectivity index (χ0n) is 16.5. The molecular formula is C21H25N3O3S. The van der Waals surface area contributed by atoms with E-state index in [1.807, 2.05) is 29.8 Å². The van der Waals surface area contributed by atoms with Gasteiger partial charge in [0.25, 0.3) is 5.91 Å². The molecule has 0 bridgehead atoms. The van der Waals surface area contributed by atoms with Gasteiger partial charge in [-0.1, -0.05) is 17.7 Å². The van der Waals surface area contributed by atoms with Crippen molar-refractivity contribution in [3.05, 3.63) is 46.6 Å². The number of β-amino-alcohol motifs (C(OH)–C–C–N with tert-alkyl or cyclic N) is 1. The highest BCUT2D eigenvalue weighted by molar-refractivity contribution is 7.15. The molecule has 1 aliphatic heterocycles. The molecule has 0 saturated carbocycles. The monoisotopic (exact) mass is 399 g/mol. The summed E-state index contributed by atoms with van der Waals surface area (Å²) in [7, 11) is 0. The number of hydrogen-bond acceptors (Lipinski definition) is 5. The van der Waals surface area contributed by atoms with E-state index in [2.05, 4.69) is 32.0 Å². The SMILES string of the molecule is Cc1ccc(C)c(-c2cn3c(C(=O)N4C[C@H](OC(C)C)[C@@H](O)C4)csc3n2)c1. The summed E-state index contributed by atoms with van der Waals surface area (Å²) in [6, 6.07) is 6.29. The van der Waals surface area contributed by atoms with Gasteiger partial charge in [-0.15, -0.1) is 11.3 Å². The largest absolute Gasteiger partial charge is 0.388 e. The van der Waals surface area contributed by atoms with Crippen molar-refractivity contribution in [1.82, 2.24) is 14.3 Å². The van der Waals surface area contributed by atoms with Crippen LogP contribution in [0.5, 0.6) is 0 Å². The fourth-order valence-corrected chi connectivity index (χ4v) is 4.49. The highest BCUT2D eigenvalue weighted by Gasteiger charge is 2.36. The summed E-state index contributed by atoms with van der Waals surface area (Å²) in [5.41, 5.74) is 4.85. The molecule has 0 aliphatic carbocycles. The van der Waals surface area contributed by atoms with Crippen LogP contribution in [0.15, 0.2) is 29.8 Å². The number of carbonyl (C=O) groups is 1. The quantitative estimate of drug-likeness (QED) is 0.731. The maximum absolute atomic E-state index is 13.1. The van der Waals surface area contributed by atoms with Crippen LogP contribution in [0.2, 0.25) is 0 Å². The molecule has 4 rings (SSSR count). The van der Waals surface area contributed by atoms with Gasteiger partial charge in [-0.05, 0) is 39.3 Å². The smallest absolute Gasteiger partial charge is 0.271 e. The molecule has 2 atom stereocenters. The highest BCUT2D eigenvalue weighted by atomic mass is 32.1. The van der Waals surface area contributed by atoms with E-state index in [-0.39, 0.29) is 24.7 Å². The number of fused-ring (bicyclic) bond motifs is 1. The molecule has 148 valence electrons. The molecule has 6 nitrogen and oxygen atoms in total. The fourth-order valence-electron chi connectivity index (χ4n) is 3.65. The maximum Gasteiger partial charge on any atom is 0.271 e. The number of ether oxygens (including phenoxy) is 1. The molecule has 1 aliphatic rings. The number of amides is 1. The van der Waals surface area contributed by atoms with E-state index in [1.165, 1.54) is 16.9 Å². The summed E-state index contributed by atoms with van der Waals surface area (Å²) < 4.78 is 7.59. The van der Waals surface area contributed by atoms with E-state index in [0.717, 1.165) is 21.8 Å².